The predicted octanol–water partition coefficient (Wildman–Crippen LogP) is 5.43. The third-order valence-electron chi connectivity index (χ3n) is 4.39. The second-order valence-corrected chi connectivity index (χ2v) is 7.01. The van der Waals surface area contributed by atoms with E-state index in [4.69, 9.17) is 0 Å². The molecule has 1 heterocycles. The number of urea groups is 1. The summed E-state index contributed by atoms with van der Waals surface area (Å²) in [6.07, 6.45) is 2.07. The zero-order chi connectivity index (χ0) is 16.4. The van der Waals surface area contributed by atoms with Gasteiger partial charge in [-0.3, -0.25) is 0 Å². The first-order chi connectivity index (χ1) is 11.0. The number of rotatable bonds is 2. The lowest BCUT2D eigenvalue weighted by atomic mass is 10.0. The van der Waals surface area contributed by atoms with Gasteiger partial charge in [0.25, 0.3) is 0 Å². The van der Waals surface area contributed by atoms with E-state index >= 15 is 0 Å². The molecule has 4 heteroatoms. The zero-order valence-electron chi connectivity index (χ0n) is 13.5. The van der Waals surface area contributed by atoms with Crippen LogP contribution in [0.3, 0.4) is 0 Å². The van der Waals surface area contributed by atoms with Crippen molar-refractivity contribution in [1.82, 2.24) is 4.90 Å². The molecule has 0 aliphatic carbocycles. The Morgan fingerprint density at radius 3 is 2.61 bits per heavy atom. The lowest BCUT2D eigenvalue weighted by Gasteiger charge is -2.25. The summed E-state index contributed by atoms with van der Waals surface area (Å²) in [6, 6.07) is 14.5. The van der Waals surface area contributed by atoms with Crippen molar-refractivity contribution in [2.45, 2.75) is 32.7 Å². The average Bonchev–Trinajstić information content (AvgIpc) is 3.01. The number of hydrogen-bond acceptors (Lipinski definition) is 1. The number of anilines is 1. The maximum Gasteiger partial charge on any atom is 0.322 e. The van der Waals surface area contributed by atoms with Crippen molar-refractivity contribution in [2.75, 3.05) is 11.9 Å². The molecule has 1 N–H and O–H groups in total. The quantitative estimate of drug-likeness (QED) is 0.748. The van der Waals surface area contributed by atoms with Crippen molar-refractivity contribution in [1.29, 1.82) is 0 Å². The molecule has 3 nitrogen and oxygen atoms in total. The van der Waals surface area contributed by atoms with Gasteiger partial charge in [-0.25, -0.2) is 4.79 Å². The first kappa shape index (κ1) is 16.1. The Balaban J connectivity index is 1.75. The highest BCUT2D eigenvalue weighted by Crippen LogP contribution is 2.32. The number of amides is 2. The summed E-state index contributed by atoms with van der Waals surface area (Å²) in [5, 5.41) is 3.03. The molecule has 1 aliphatic rings. The normalized spacial score (nSPS) is 17.3. The molecule has 2 amide bonds. The lowest BCUT2D eigenvalue weighted by Crippen LogP contribution is -2.34. The van der Waals surface area contributed by atoms with E-state index in [0.717, 1.165) is 35.1 Å². The number of nitrogens with zero attached hydrogens (tertiary/aromatic N) is 1. The minimum atomic E-state index is -0.0187. The highest BCUT2D eigenvalue weighted by atomic mass is 79.9. The molecule has 3 rings (SSSR count). The van der Waals surface area contributed by atoms with Crippen LogP contribution in [0, 0.1) is 13.8 Å². The first-order valence-electron chi connectivity index (χ1n) is 7.95. The van der Waals surface area contributed by atoms with E-state index in [0.29, 0.717) is 0 Å². The molecule has 0 saturated carbocycles. The maximum atomic E-state index is 12.7. The van der Waals surface area contributed by atoms with E-state index in [2.05, 4.69) is 52.4 Å². The van der Waals surface area contributed by atoms with Crippen molar-refractivity contribution in [3.63, 3.8) is 0 Å². The van der Waals surface area contributed by atoms with Crippen molar-refractivity contribution >= 4 is 27.6 Å². The van der Waals surface area contributed by atoms with Gasteiger partial charge >= 0.3 is 6.03 Å². The molecule has 120 valence electrons. The molecule has 2 aromatic carbocycles. The van der Waals surface area contributed by atoms with Crippen LogP contribution < -0.4 is 5.32 Å². The van der Waals surface area contributed by atoms with Gasteiger partial charge in [0.2, 0.25) is 0 Å². The first-order valence-corrected chi connectivity index (χ1v) is 8.74. The summed E-state index contributed by atoms with van der Waals surface area (Å²) < 4.78 is 1.05. The molecule has 0 bridgehead atoms. The van der Waals surface area contributed by atoms with Crippen LogP contribution in [0.2, 0.25) is 0 Å². The number of benzene rings is 2. The maximum absolute atomic E-state index is 12.7. The van der Waals surface area contributed by atoms with Crippen LogP contribution in [-0.2, 0) is 0 Å². The molecule has 0 spiro atoms. The predicted molar refractivity (Wildman–Crippen MR) is 97.8 cm³/mol. The monoisotopic (exact) mass is 372 g/mol. The van der Waals surface area contributed by atoms with Gasteiger partial charge in [-0.05, 0) is 56.0 Å². The summed E-state index contributed by atoms with van der Waals surface area (Å²) in [7, 11) is 0. The van der Waals surface area contributed by atoms with Crippen LogP contribution in [0.1, 0.15) is 35.6 Å². The summed E-state index contributed by atoms with van der Waals surface area (Å²) >= 11 is 3.48. The molecule has 2 aromatic rings. The van der Waals surface area contributed by atoms with Gasteiger partial charge in [0, 0.05) is 16.7 Å². The summed E-state index contributed by atoms with van der Waals surface area (Å²) in [6.45, 7) is 4.91. The number of nitrogens with one attached hydrogen (secondary N) is 1. The van der Waals surface area contributed by atoms with Gasteiger partial charge in [0.15, 0.2) is 0 Å². The van der Waals surface area contributed by atoms with Gasteiger partial charge in [-0.1, -0.05) is 45.8 Å². The smallest absolute Gasteiger partial charge is 0.317 e. The highest BCUT2D eigenvalue weighted by Gasteiger charge is 2.29. The topological polar surface area (TPSA) is 32.3 Å². The Labute approximate surface area is 145 Å². The third kappa shape index (κ3) is 3.58. The number of carbonyl (C=O) groups excluding carboxylic acids is 1. The lowest BCUT2D eigenvalue weighted by molar-refractivity contribution is 0.207. The molecule has 1 atom stereocenters. The van der Waals surface area contributed by atoms with Crippen molar-refractivity contribution in [2.24, 2.45) is 0 Å². The van der Waals surface area contributed by atoms with E-state index in [-0.39, 0.29) is 12.1 Å². The fourth-order valence-electron chi connectivity index (χ4n) is 3.06. The van der Waals surface area contributed by atoms with E-state index in [1.165, 1.54) is 11.1 Å². The van der Waals surface area contributed by atoms with Crippen LogP contribution in [0.5, 0.6) is 0 Å². The van der Waals surface area contributed by atoms with Gasteiger partial charge < -0.3 is 10.2 Å². The van der Waals surface area contributed by atoms with Crippen molar-refractivity contribution < 1.29 is 4.79 Å². The van der Waals surface area contributed by atoms with E-state index in [9.17, 15) is 4.79 Å². The number of carbonyl (C=O) groups is 1. The van der Waals surface area contributed by atoms with Crippen molar-refractivity contribution in [3.8, 4) is 0 Å². The van der Waals surface area contributed by atoms with Gasteiger partial charge in [-0.2, -0.15) is 0 Å². The molecule has 1 fully saturated rings. The molecule has 1 saturated heterocycles. The van der Waals surface area contributed by atoms with Crippen LogP contribution in [0.25, 0.3) is 0 Å². The van der Waals surface area contributed by atoms with Crippen molar-refractivity contribution in [3.05, 3.63) is 63.6 Å². The van der Waals surface area contributed by atoms with Crippen LogP contribution in [0.15, 0.2) is 46.9 Å². The van der Waals surface area contributed by atoms with Crippen LogP contribution in [0.4, 0.5) is 10.5 Å². The second kappa shape index (κ2) is 6.75. The minimum absolute atomic E-state index is 0.0187. The fourth-order valence-corrected chi connectivity index (χ4v) is 3.31. The molecule has 0 aromatic heterocycles. The zero-order valence-corrected chi connectivity index (χ0v) is 15.1. The molecular weight excluding hydrogens is 352 g/mol. The molecular formula is C19H21BrN2O. The Morgan fingerprint density at radius 2 is 1.91 bits per heavy atom. The third-order valence-corrected chi connectivity index (χ3v) is 5.27. The van der Waals surface area contributed by atoms with Gasteiger partial charge in [0.1, 0.15) is 0 Å². The average molecular weight is 373 g/mol. The Bertz CT molecular complexity index is 712. The molecule has 1 aliphatic heterocycles. The fraction of sp³-hybridized carbons (Fsp3) is 0.316. The standard InChI is InChI=1S/C19H21BrN2O/c1-13-5-7-15(8-6-13)18-4-3-11-22(18)19(23)21-16-9-10-17(20)14(2)12-16/h5-10,12,18H,3-4,11H2,1-2H3,(H,21,23). The summed E-state index contributed by atoms with van der Waals surface area (Å²) in [5.74, 6) is 0. The molecule has 23 heavy (non-hydrogen) atoms. The number of likely N-dealkylation sites (tertiary alicyclic amines) is 1. The number of hydrogen-bond donors (Lipinski definition) is 1. The second-order valence-electron chi connectivity index (χ2n) is 6.16. The SMILES string of the molecule is Cc1ccc(C2CCCN2C(=O)Nc2ccc(Br)c(C)c2)cc1. The van der Waals surface area contributed by atoms with Crippen LogP contribution >= 0.6 is 15.9 Å². The Hall–Kier alpha value is -1.81. The van der Waals surface area contributed by atoms with Crippen LogP contribution in [-0.4, -0.2) is 17.5 Å². The molecule has 0 radical (unpaired) electrons. The van der Waals surface area contributed by atoms with Gasteiger partial charge in [-0.15, -0.1) is 0 Å². The van der Waals surface area contributed by atoms with E-state index in [1.54, 1.807) is 0 Å². The largest absolute Gasteiger partial charge is 0.322 e. The molecule has 1 unspecified atom stereocenters. The number of aryl methyl sites for hydroxylation is 2. The Kier molecular flexibility index (Phi) is 4.71. The van der Waals surface area contributed by atoms with E-state index < -0.39 is 0 Å². The summed E-state index contributed by atoms with van der Waals surface area (Å²) in [5.41, 5.74) is 4.41. The van der Waals surface area contributed by atoms with Gasteiger partial charge in [0.05, 0.1) is 6.04 Å². The number of halogens is 1. The van der Waals surface area contributed by atoms with E-state index in [1.807, 2.05) is 30.0 Å². The summed E-state index contributed by atoms with van der Waals surface area (Å²) in [4.78, 5) is 14.6. The minimum Gasteiger partial charge on any atom is -0.317 e. The highest BCUT2D eigenvalue weighted by molar-refractivity contribution is 9.10. The Morgan fingerprint density at radius 1 is 1.17 bits per heavy atom.